The molecule has 5 heteroatoms. The maximum Gasteiger partial charge on any atom is 0.326 e. The number of carboxylic acids is 1. The maximum absolute atomic E-state index is 11.7. The number of carbonyl (C=O) groups excluding carboxylic acids is 1. The van der Waals surface area contributed by atoms with Gasteiger partial charge in [0, 0.05) is 5.54 Å². The average molecular weight is 258 g/mol. The molecule has 0 radical (unpaired) electrons. The van der Waals surface area contributed by atoms with Crippen LogP contribution in [0, 0.1) is 5.92 Å². The summed E-state index contributed by atoms with van der Waals surface area (Å²) < 4.78 is 0. The molecule has 0 rings (SSSR count). The highest BCUT2D eigenvalue weighted by molar-refractivity contribution is 5.82. The molecule has 0 saturated heterocycles. The van der Waals surface area contributed by atoms with Crippen molar-refractivity contribution in [2.45, 2.75) is 65.5 Å². The first-order chi connectivity index (χ1) is 8.18. The Balaban J connectivity index is 4.38. The number of hydrogen-bond donors (Lipinski definition) is 3. The van der Waals surface area contributed by atoms with E-state index in [-0.39, 0.29) is 11.5 Å². The average Bonchev–Trinajstić information content (AvgIpc) is 2.14. The van der Waals surface area contributed by atoms with Gasteiger partial charge in [0.15, 0.2) is 0 Å². The van der Waals surface area contributed by atoms with Gasteiger partial charge in [-0.1, -0.05) is 27.2 Å². The summed E-state index contributed by atoms with van der Waals surface area (Å²) in [6.45, 7) is 9.75. The zero-order valence-electron chi connectivity index (χ0n) is 12.0. The van der Waals surface area contributed by atoms with Crippen LogP contribution >= 0.6 is 0 Å². The number of rotatable bonds is 7. The molecule has 0 heterocycles. The van der Waals surface area contributed by atoms with Crippen LogP contribution in [-0.2, 0) is 4.79 Å². The van der Waals surface area contributed by atoms with E-state index < -0.39 is 18.0 Å². The van der Waals surface area contributed by atoms with Crippen LogP contribution in [0.15, 0.2) is 0 Å². The molecular formula is C13H26N2O3. The van der Waals surface area contributed by atoms with Crippen molar-refractivity contribution in [2.24, 2.45) is 5.92 Å². The first-order valence-corrected chi connectivity index (χ1v) is 6.49. The summed E-state index contributed by atoms with van der Waals surface area (Å²) in [5, 5.41) is 14.3. The van der Waals surface area contributed by atoms with Crippen molar-refractivity contribution >= 4 is 12.0 Å². The molecule has 1 unspecified atom stereocenters. The van der Waals surface area contributed by atoms with Crippen LogP contribution < -0.4 is 10.6 Å². The minimum absolute atomic E-state index is 0.218. The van der Waals surface area contributed by atoms with E-state index in [1.54, 1.807) is 0 Å². The van der Waals surface area contributed by atoms with Crippen molar-refractivity contribution in [3.8, 4) is 0 Å². The van der Waals surface area contributed by atoms with Crippen molar-refractivity contribution in [3.63, 3.8) is 0 Å². The minimum Gasteiger partial charge on any atom is -0.480 e. The third kappa shape index (κ3) is 7.14. The predicted octanol–water partition coefficient (Wildman–Crippen LogP) is 2.36. The van der Waals surface area contributed by atoms with Crippen LogP contribution in [0.3, 0.4) is 0 Å². The first-order valence-electron chi connectivity index (χ1n) is 6.49. The molecule has 0 aliphatic rings. The van der Waals surface area contributed by atoms with E-state index in [4.69, 9.17) is 5.11 Å². The Morgan fingerprint density at radius 3 is 2.22 bits per heavy atom. The number of amides is 2. The third-order valence-electron chi connectivity index (χ3n) is 2.64. The number of hydrogen-bond acceptors (Lipinski definition) is 2. The zero-order valence-corrected chi connectivity index (χ0v) is 12.0. The lowest BCUT2D eigenvalue weighted by atomic mass is 9.99. The molecular weight excluding hydrogens is 232 g/mol. The number of nitrogens with one attached hydrogen (secondary N) is 2. The topological polar surface area (TPSA) is 78.4 Å². The van der Waals surface area contributed by atoms with E-state index in [0.29, 0.717) is 6.42 Å². The Hall–Kier alpha value is -1.26. The molecule has 2 amide bonds. The predicted molar refractivity (Wildman–Crippen MR) is 71.5 cm³/mol. The van der Waals surface area contributed by atoms with Gasteiger partial charge in [-0.3, -0.25) is 0 Å². The standard InChI is InChI=1S/C13H26N2O3/c1-6-7-13(4,5)15-12(18)14-10(11(16)17)8-9(2)3/h9-10H,6-8H2,1-5H3,(H,16,17)(H2,14,15,18). The van der Waals surface area contributed by atoms with Gasteiger partial charge in [0.25, 0.3) is 0 Å². The van der Waals surface area contributed by atoms with Crippen molar-refractivity contribution in [2.75, 3.05) is 0 Å². The third-order valence-corrected chi connectivity index (χ3v) is 2.64. The Labute approximate surface area is 109 Å². The second kappa shape index (κ2) is 7.24. The van der Waals surface area contributed by atoms with Crippen LogP contribution in [0.5, 0.6) is 0 Å². The van der Waals surface area contributed by atoms with Crippen molar-refractivity contribution in [1.82, 2.24) is 10.6 Å². The molecule has 106 valence electrons. The molecule has 5 nitrogen and oxygen atoms in total. The molecule has 0 aromatic heterocycles. The van der Waals surface area contributed by atoms with E-state index in [1.165, 1.54) is 0 Å². The quantitative estimate of drug-likeness (QED) is 0.656. The number of carbonyl (C=O) groups is 2. The molecule has 18 heavy (non-hydrogen) atoms. The van der Waals surface area contributed by atoms with Gasteiger partial charge in [0.1, 0.15) is 6.04 Å². The second-order valence-corrected chi connectivity index (χ2v) is 5.75. The summed E-state index contributed by atoms with van der Waals surface area (Å²) in [4.78, 5) is 22.8. The van der Waals surface area contributed by atoms with Crippen LogP contribution in [-0.4, -0.2) is 28.7 Å². The highest BCUT2D eigenvalue weighted by Crippen LogP contribution is 2.11. The van der Waals surface area contributed by atoms with Gasteiger partial charge in [0.05, 0.1) is 0 Å². The van der Waals surface area contributed by atoms with E-state index in [2.05, 4.69) is 10.6 Å². The summed E-state index contributed by atoms with van der Waals surface area (Å²) in [5.74, 6) is -0.776. The number of aliphatic carboxylic acids is 1. The fourth-order valence-corrected chi connectivity index (χ4v) is 1.88. The fraction of sp³-hybridized carbons (Fsp3) is 0.846. The zero-order chi connectivity index (χ0) is 14.3. The largest absolute Gasteiger partial charge is 0.480 e. The van der Waals surface area contributed by atoms with E-state index in [1.807, 2.05) is 34.6 Å². The smallest absolute Gasteiger partial charge is 0.326 e. The lowest BCUT2D eigenvalue weighted by Gasteiger charge is -2.27. The van der Waals surface area contributed by atoms with Crippen molar-refractivity contribution in [1.29, 1.82) is 0 Å². The van der Waals surface area contributed by atoms with Gasteiger partial charge in [-0.05, 0) is 32.6 Å². The second-order valence-electron chi connectivity index (χ2n) is 5.75. The van der Waals surface area contributed by atoms with Crippen molar-refractivity contribution < 1.29 is 14.7 Å². The Morgan fingerprint density at radius 2 is 1.83 bits per heavy atom. The van der Waals surface area contributed by atoms with Gasteiger partial charge >= 0.3 is 12.0 Å². The molecule has 0 aliphatic heterocycles. The molecule has 0 bridgehead atoms. The summed E-state index contributed by atoms with van der Waals surface area (Å²) in [6.07, 6.45) is 2.24. The summed E-state index contributed by atoms with van der Waals surface area (Å²) >= 11 is 0. The first kappa shape index (κ1) is 16.7. The van der Waals surface area contributed by atoms with Gasteiger partial charge in [0.2, 0.25) is 0 Å². The van der Waals surface area contributed by atoms with E-state index in [0.717, 1.165) is 12.8 Å². The highest BCUT2D eigenvalue weighted by atomic mass is 16.4. The van der Waals surface area contributed by atoms with Gasteiger partial charge < -0.3 is 15.7 Å². The molecule has 3 N–H and O–H groups in total. The number of urea groups is 1. The molecule has 0 fully saturated rings. The molecule has 1 atom stereocenters. The lowest BCUT2D eigenvalue weighted by molar-refractivity contribution is -0.139. The molecule has 0 aliphatic carbocycles. The normalized spacial score (nSPS) is 13.2. The van der Waals surface area contributed by atoms with Crippen molar-refractivity contribution in [3.05, 3.63) is 0 Å². The minimum atomic E-state index is -0.993. The Bertz CT molecular complexity index is 288. The lowest BCUT2D eigenvalue weighted by Crippen LogP contribution is -2.53. The fourth-order valence-electron chi connectivity index (χ4n) is 1.88. The SMILES string of the molecule is CCCC(C)(C)NC(=O)NC(CC(C)C)C(=O)O. The van der Waals surface area contributed by atoms with Gasteiger partial charge in [-0.2, -0.15) is 0 Å². The van der Waals surface area contributed by atoms with Crippen LogP contribution in [0.4, 0.5) is 4.79 Å². The van der Waals surface area contributed by atoms with Crippen LogP contribution in [0.25, 0.3) is 0 Å². The van der Waals surface area contributed by atoms with Crippen LogP contribution in [0.2, 0.25) is 0 Å². The summed E-state index contributed by atoms with van der Waals surface area (Å²) in [7, 11) is 0. The highest BCUT2D eigenvalue weighted by Gasteiger charge is 2.24. The van der Waals surface area contributed by atoms with E-state index >= 15 is 0 Å². The summed E-state index contributed by atoms with van der Waals surface area (Å²) in [5.41, 5.74) is -0.320. The molecule has 0 saturated carbocycles. The van der Waals surface area contributed by atoms with Gasteiger partial charge in [-0.25, -0.2) is 9.59 Å². The molecule has 0 aromatic rings. The number of carboxylic acid groups (broad SMARTS) is 1. The van der Waals surface area contributed by atoms with E-state index in [9.17, 15) is 9.59 Å². The molecule has 0 aromatic carbocycles. The summed E-state index contributed by atoms with van der Waals surface area (Å²) in [6, 6.07) is -1.25. The Morgan fingerprint density at radius 1 is 1.28 bits per heavy atom. The van der Waals surface area contributed by atoms with Crippen LogP contribution in [0.1, 0.15) is 53.9 Å². The van der Waals surface area contributed by atoms with Gasteiger partial charge in [-0.15, -0.1) is 0 Å². The Kier molecular flexibility index (Phi) is 6.73. The monoisotopic (exact) mass is 258 g/mol. The molecule has 0 spiro atoms. The maximum atomic E-state index is 11.7.